The predicted molar refractivity (Wildman–Crippen MR) is 105 cm³/mol. The zero-order valence-electron chi connectivity index (χ0n) is 14.2. The summed E-state index contributed by atoms with van der Waals surface area (Å²) in [5.74, 6) is -0.0382. The standard InChI is InChI=1S/C21H18N2OS/c1-13-9-14(2)20-18(10-13)22-21(25-20)23-19(24)12-15-7-8-16-5-3-4-6-17(16)11-15/h3-11H,12H2,1-2H3,(H,22,23,24). The minimum Gasteiger partial charge on any atom is -0.302 e. The smallest absolute Gasteiger partial charge is 0.230 e. The van der Waals surface area contributed by atoms with Crippen LogP contribution < -0.4 is 5.32 Å². The molecule has 0 fully saturated rings. The average molecular weight is 346 g/mol. The van der Waals surface area contributed by atoms with Gasteiger partial charge in [-0.25, -0.2) is 4.98 Å². The van der Waals surface area contributed by atoms with Crippen LogP contribution in [0, 0.1) is 13.8 Å². The number of carbonyl (C=O) groups is 1. The van der Waals surface area contributed by atoms with E-state index in [4.69, 9.17) is 0 Å². The Kier molecular flexibility index (Phi) is 3.98. The van der Waals surface area contributed by atoms with Crippen LogP contribution in [0.3, 0.4) is 0 Å². The van der Waals surface area contributed by atoms with Gasteiger partial charge in [-0.2, -0.15) is 0 Å². The molecule has 0 saturated carbocycles. The van der Waals surface area contributed by atoms with E-state index in [0.29, 0.717) is 11.6 Å². The number of carbonyl (C=O) groups excluding carboxylic acids is 1. The van der Waals surface area contributed by atoms with Gasteiger partial charge in [0.2, 0.25) is 5.91 Å². The largest absolute Gasteiger partial charge is 0.302 e. The molecule has 1 amide bonds. The maximum atomic E-state index is 12.4. The van der Waals surface area contributed by atoms with Crippen molar-refractivity contribution in [2.75, 3.05) is 5.32 Å². The molecule has 1 N–H and O–H groups in total. The van der Waals surface area contributed by atoms with Gasteiger partial charge in [0.15, 0.2) is 5.13 Å². The minimum absolute atomic E-state index is 0.0382. The second kappa shape index (κ2) is 6.30. The summed E-state index contributed by atoms with van der Waals surface area (Å²) in [4.78, 5) is 17.0. The minimum atomic E-state index is -0.0382. The van der Waals surface area contributed by atoms with Crippen LogP contribution in [0.4, 0.5) is 5.13 Å². The van der Waals surface area contributed by atoms with E-state index in [1.807, 2.05) is 18.2 Å². The summed E-state index contributed by atoms with van der Waals surface area (Å²) in [5, 5.41) is 5.94. The molecule has 25 heavy (non-hydrogen) atoms. The van der Waals surface area contributed by atoms with Crippen LogP contribution in [0.15, 0.2) is 54.6 Å². The molecule has 0 atom stereocenters. The van der Waals surface area contributed by atoms with E-state index in [1.165, 1.54) is 27.8 Å². The molecule has 4 heteroatoms. The van der Waals surface area contributed by atoms with E-state index >= 15 is 0 Å². The second-order valence-corrected chi connectivity index (χ2v) is 7.35. The number of aryl methyl sites for hydroxylation is 2. The molecule has 0 spiro atoms. The molecule has 1 aromatic heterocycles. The first-order chi connectivity index (χ1) is 12.1. The third kappa shape index (κ3) is 3.26. The Labute approximate surface area is 150 Å². The lowest BCUT2D eigenvalue weighted by Gasteiger charge is -2.04. The van der Waals surface area contributed by atoms with Gasteiger partial charge in [0, 0.05) is 0 Å². The zero-order chi connectivity index (χ0) is 17.4. The van der Waals surface area contributed by atoms with Crippen molar-refractivity contribution in [2.45, 2.75) is 20.3 Å². The monoisotopic (exact) mass is 346 g/mol. The highest BCUT2D eigenvalue weighted by Crippen LogP contribution is 2.29. The Morgan fingerprint density at radius 2 is 1.84 bits per heavy atom. The summed E-state index contributed by atoms with van der Waals surface area (Å²) in [6, 6.07) is 18.5. The van der Waals surface area contributed by atoms with Crippen molar-refractivity contribution >= 4 is 43.4 Å². The lowest BCUT2D eigenvalue weighted by atomic mass is 10.1. The van der Waals surface area contributed by atoms with E-state index in [9.17, 15) is 4.79 Å². The Morgan fingerprint density at radius 3 is 2.68 bits per heavy atom. The van der Waals surface area contributed by atoms with Crippen LogP contribution in [0.25, 0.3) is 21.0 Å². The maximum Gasteiger partial charge on any atom is 0.230 e. The van der Waals surface area contributed by atoms with E-state index < -0.39 is 0 Å². The fourth-order valence-corrected chi connectivity index (χ4v) is 4.06. The molecule has 0 unspecified atom stereocenters. The number of hydrogen-bond donors (Lipinski definition) is 1. The van der Waals surface area contributed by atoms with Gasteiger partial charge in [0.05, 0.1) is 16.6 Å². The zero-order valence-corrected chi connectivity index (χ0v) is 15.0. The first-order valence-electron chi connectivity index (χ1n) is 8.24. The number of nitrogens with zero attached hydrogens (tertiary/aromatic N) is 1. The molecule has 3 nitrogen and oxygen atoms in total. The third-order valence-electron chi connectivity index (χ3n) is 4.25. The normalized spacial score (nSPS) is 11.1. The number of thiazole rings is 1. The van der Waals surface area contributed by atoms with Crippen LogP contribution in [0.5, 0.6) is 0 Å². The summed E-state index contributed by atoms with van der Waals surface area (Å²) in [6.07, 6.45) is 0.346. The van der Waals surface area contributed by atoms with Gasteiger partial charge < -0.3 is 5.32 Å². The molecule has 0 bridgehead atoms. The van der Waals surface area contributed by atoms with Gasteiger partial charge in [-0.3, -0.25) is 4.79 Å². The van der Waals surface area contributed by atoms with E-state index in [-0.39, 0.29) is 5.91 Å². The van der Waals surface area contributed by atoms with Crippen molar-refractivity contribution in [3.8, 4) is 0 Å². The summed E-state index contributed by atoms with van der Waals surface area (Å²) < 4.78 is 1.13. The van der Waals surface area contributed by atoms with Gasteiger partial charge in [-0.05, 0) is 47.4 Å². The van der Waals surface area contributed by atoms with Crippen molar-refractivity contribution in [1.82, 2.24) is 4.98 Å². The molecule has 0 aliphatic heterocycles. The van der Waals surface area contributed by atoms with Crippen LogP contribution in [0.1, 0.15) is 16.7 Å². The number of hydrogen-bond acceptors (Lipinski definition) is 3. The van der Waals surface area contributed by atoms with E-state index in [0.717, 1.165) is 21.2 Å². The molecular weight excluding hydrogens is 328 g/mol. The maximum absolute atomic E-state index is 12.4. The van der Waals surface area contributed by atoms with Crippen LogP contribution in [0.2, 0.25) is 0 Å². The molecular formula is C21H18N2OS. The van der Waals surface area contributed by atoms with Crippen molar-refractivity contribution < 1.29 is 4.79 Å². The lowest BCUT2D eigenvalue weighted by molar-refractivity contribution is -0.115. The highest BCUT2D eigenvalue weighted by atomic mass is 32.1. The van der Waals surface area contributed by atoms with Gasteiger partial charge in [-0.1, -0.05) is 59.9 Å². The van der Waals surface area contributed by atoms with Gasteiger partial charge >= 0.3 is 0 Å². The van der Waals surface area contributed by atoms with E-state index in [2.05, 4.69) is 60.5 Å². The quantitative estimate of drug-likeness (QED) is 0.551. The molecule has 0 aliphatic rings. The summed E-state index contributed by atoms with van der Waals surface area (Å²) >= 11 is 1.53. The Bertz CT molecular complexity index is 1100. The van der Waals surface area contributed by atoms with Crippen molar-refractivity contribution in [1.29, 1.82) is 0 Å². The highest BCUT2D eigenvalue weighted by molar-refractivity contribution is 7.22. The number of anilines is 1. The van der Waals surface area contributed by atoms with Crippen molar-refractivity contribution in [3.05, 3.63) is 71.3 Å². The predicted octanol–water partition coefficient (Wildman–Crippen LogP) is 5.25. The summed E-state index contributed by atoms with van der Waals surface area (Å²) in [6.45, 7) is 4.14. The van der Waals surface area contributed by atoms with Crippen molar-refractivity contribution in [2.24, 2.45) is 0 Å². The Balaban J connectivity index is 1.54. The lowest BCUT2D eigenvalue weighted by Crippen LogP contribution is -2.14. The van der Waals surface area contributed by atoms with Gasteiger partial charge in [-0.15, -0.1) is 0 Å². The fourth-order valence-electron chi connectivity index (χ4n) is 3.13. The number of nitrogens with one attached hydrogen (secondary N) is 1. The number of rotatable bonds is 3. The molecule has 0 saturated heterocycles. The van der Waals surface area contributed by atoms with Gasteiger partial charge in [0.1, 0.15) is 0 Å². The van der Waals surface area contributed by atoms with Crippen LogP contribution >= 0.6 is 11.3 Å². The molecule has 124 valence electrons. The molecule has 1 heterocycles. The van der Waals surface area contributed by atoms with Crippen LogP contribution in [-0.2, 0) is 11.2 Å². The molecule has 3 aromatic carbocycles. The number of amides is 1. The summed E-state index contributed by atoms with van der Waals surface area (Å²) in [7, 11) is 0. The number of aromatic nitrogens is 1. The number of fused-ring (bicyclic) bond motifs is 2. The van der Waals surface area contributed by atoms with Crippen LogP contribution in [-0.4, -0.2) is 10.9 Å². The second-order valence-electron chi connectivity index (χ2n) is 6.36. The SMILES string of the molecule is Cc1cc(C)c2sc(NC(=O)Cc3ccc4ccccc4c3)nc2c1. The van der Waals surface area contributed by atoms with E-state index in [1.54, 1.807) is 0 Å². The van der Waals surface area contributed by atoms with Gasteiger partial charge in [0.25, 0.3) is 0 Å². The first-order valence-corrected chi connectivity index (χ1v) is 9.05. The average Bonchev–Trinajstić information content (AvgIpc) is 2.97. The summed E-state index contributed by atoms with van der Waals surface area (Å²) in [5.41, 5.74) is 4.33. The topological polar surface area (TPSA) is 42.0 Å². The Hall–Kier alpha value is -2.72. The molecule has 0 aliphatic carbocycles. The fraction of sp³-hybridized carbons (Fsp3) is 0.143. The first kappa shape index (κ1) is 15.8. The third-order valence-corrected chi connectivity index (χ3v) is 5.37. The molecule has 0 radical (unpaired) electrons. The highest BCUT2D eigenvalue weighted by Gasteiger charge is 2.11. The number of benzene rings is 3. The van der Waals surface area contributed by atoms with Crippen molar-refractivity contribution in [3.63, 3.8) is 0 Å². The molecule has 4 rings (SSSR count). The Morgan fingerprint density at radius 1 is 1.04 bits per heavy atom. The molecule has 4 aromatic rings.